The Kier molecular flexibility index (Phi) is 5.12. The molecule has 5 unspecified atom stereocenters. The molecule has 3 aromatic rings. The van der Waals surface area contributed by atoms with Crippen LogP contribution >= 0.6 is 0 Å². The largest absolute Gasteiger partial charge is 0.508 e. The molecule has 0 bridgehead atoms. The Balaban J connectivity index is 1.72. The van der Waals surface area contributed by atoms with Crippen LogP contribution in [0.15, 0.2) is 51.7 Å². The molecule has 9 nitrogen and oxygen atoms in total. The fraction of sp³-hybridized carbons (Fsp3) is 0.286. The highest BCUT2D eigenvalue weighted by Crippen LogP contribution is 2.33. The molecule has 2 heterocycles. The second kappa shape index (κ2) is 7.62. The number of ether oxygens (including phenoxy) is 2. The van der Waals surface area contributed by atoms with Gasteiger partial charge in [0.2, 0.25) is 6.29 Å². The number of benzene rings is 2. The number of phenolic OH excluding ortho intramolecular Hbond substituents is 2. The molecule has 1 saturated heterocycles. The monoisotopic (exact) mass is 416 g/mol. The molecular formula is C21H20O9. The summed E-state index contributed by atoms with van der Waals surface area (Å²) in [5.74, 6) is -0.105. The third-order valence-electron chi connectivity index (χ3n) is 5.00. The molecule has 0 radical (unpaired) electrons. The molecule has 1 aliphatic heterocycles. The Labute approximate surface area is 170 Å². The van der Waals surface area contributed by atoms with Gasteiger partial charge in [-0.15, -0.1) is 0 Å². The van der Waals surface area contributed by atoms with Crippen molar-refractivity contribution in [3.05, 3.63) is 52.7 Å². The first-order chi connectivity index (χ1) is 14.2. The third-order valence-corrected chi connectivity index (χ3v) is 5.00. The smallest absolute Gasteiger partial charge is 0.229 e. The van der Waals surface area contributed by atoms with Crippen LogP contribution < -0.4 is 10.2 Å². The maximum absolute atomic E-state index is 12.5. The lowest BCUT2D eigenvalue weighted by atomic mass is 10.00. The minimum atomic E-state index is -1.54. The van der Waals surface area contributed by atoms with E-state index < -0.39 is 41.9 Å². The molecule has 9 heteroatoms. The number of hydrogen-bond donors (Lipinski definition) is 5. The summed E-state index contributed by atoms with van der Waals surface area (Å²) in [6.07, 6.45) is -6.42. The molecule has 5 N–H and O–H groups in total. The summed E-state index contributed by atoms with van der Waals surface area (Å²) in [5, 5.41) is 49.5. The summed E-state index contributed by atoms with van der Waals surface area (Å²) in [7, 11) is 0. The number of fused-ring (bicyclic) bond motifs is 1. The quantitative estimate of drug-likeness (QED) is 0.423. The van der Waals surface area contributed by atoms with Gasteiger partial charge in [-0.05, 0) is 31.2 Å². The lowest BCUT2D eigenvalue weighted by Gasteiger charge is -2.38. The maximum atomic E-state index is 12.5. The lowest BCUT2D eigenvalue weighted by molar-refractivity contribution is -0.268. The van der Waals surface area contributed by atoms with Gasteiger partial charge in [0.15, 0.2) is 5.43 Å². The number of phenols is 2. The highest BCUT2D eigenvalue weighted by Gasteiger charge is 2.43. The number of aromatic hydroxyl groups is 2. The normalized spacial score (nSPS) is 26.6. The molecule has 1 fully saturated rings. The molecule has 1 aliphatic rings. The third kappa shape index (κ3) is 3.59. The van der Waals surface area contributed by atoms with Gasteiger partial charge in [-0.1, -0.05) is 0 Å². The van der Waals surface area contributed by atoms with E-state index in [0.717, 1.165) is 6.07 Å². The van der Waals surface area contributed by atoms with Crippen molar-refractivity contribution < 1.29 is 39.4 Å². The summed E-state index contributed by atoms with van der Waals surface area (Å²) < 4.78 is 16.7. The predicted octanol–water partition coefficient (Wildman–Crippen LogP) is 1.08. The second-order valence-electron chi connectivity index (χ2n) is 7.14. The van der Waals surface area contributed by atoms with E-state index in [1.54, 1.807) is 12.1 Å². The van der Waals surface area contributed by atoms with E-state index in [0.29, 0.717) is 5.56 Å². The molecule has 4 rings (SSSR count). The van der Waals surface area contributed by atoms with Crippen LogP contribution in [0.1, 0.15) is 6.92 Å². The first kappa shape index (κ1) is 20.2. The molecule has 0 aliphatic carbocycles. The Morgan fingerprint density at radius 1 is 0.933 bits per heavy atom. The van der Waals surface area contributed by atoms with E-state index in [4.69, 9.17) is 13.9 Å². The number of hydrogen-bond acceptors (Lipinski definition) is 9. The van der Waals surface area contributed by atoms with Crippen molar-refractivity contribution in [3.63, 3.8) is 0 Å². The molecule has 5 atom stereocenters. The van der Waals surface area contributed by atoms with Gasteiger partial charge in [0, 0.05) is 23.8 Å². The predicted molar refractivity (Wildman–Crippen MR) is 104 cm³/mol. The van der Waals surface area contributed by atoms with Gasteiger partial charge < -0.3 is 39.4 Å². The SMILES string of the molecule is CC1OC(Oc2cc(O)c3c(=O)cc(-c4ccc(O)cc4)oc3c2)C(O)C(O)C1O. The van der Waals surface area contributed by atoms with Gasteiger partial charge in [0.1, 0.15) is 52.3 Å². The van der Waals surface area contributed by atoms with E-state index >= 15 is 0 Å². The van der Waals surface area contributed by atoms with Crippen molar-refractivity contribution in [2.24, 2.45) is 0 Å². The van der Waals surface area contributed by atoms with Gasteiger partial charge in [-0.3, -0.25) is 4.79 Å². The number of rotatable bonds is 3. The average Bonchev–Trinajstić information content (AvgIpc) is 2.70. The van der Waals surface area contributed by atoms with E-state index in [9.17, 15) is 30.3 Å². The van der Waals surface area contributed by atoms with Gasteiger partial charge in [0.05, 0.1) is 6.10 Å². The van der Waals surface area contributed by atoms with E-state index in [-0.39, 0.29) is 28.2 Å². The fourth-order valence-corrected chi connectivity index (χ4v) is 3.32. The van der Waals surface area contributed by atoms with Crippen LogP contribution in [-0.4, -0.2) is 56.2 Å². The number of aliphatic hydroxyl groups is 3. The minimum Gasteiger partial charge on any atom is -0.508 e. The topological polar surface area (TPSA) is 150 Å². The molecule has 0 spiro atoms. The van der Waals surface area contributed by atoms with Crippen molar-refractivity contribution in [3.8, 4) is 28.6 Å². The molecule has 0 saturated carbocycles. The van der Waals surface area contributed by atoms with Crippen LogP contribution in [0.25, 0.3) is 22.3 Å². The first-order valence-electron chi connectivity index (χ1n) is 9.21. The summed E-state index contributed by atoms with van der Waals surface area (Å²) in [5.41, 5.74) is 0.0820. The zero-order chi connectivity index (χ0) is 21.6. The van der Waals surface area contributed by atoms with Crippen molar-refractivity contribution in [1.29, 1.82) is 0 Å². The molecule has 1 aromatic heterocycles. The van der Waals surface area contributed by atoms with Crippen LogP contribution in [-0.2, 0) is 4.74 Å². The molecule has 30 heavy (non-hydrogen) atoms. The zero-order valence-corrected chi connectivity index (χ0v) is 15.8. The molecule has 2 aromatic carbocycles. The Hall–Kier alpha value is -3.11. The van der Waals surface area contributed by atoms with Gasteiger partial charge in [-0.2, -0.15) is 0 Å². The highest BCUT2D eigenvalue weighted by molar-refractivity contribution is 5.86. The maximum Gasteiger partial charge on any atom is 0.229 e. The standard InChI is InChI=1S/C21H20O9/c1-9-18(25)19(26)20(27)21(28-9)29-12-6-13(23)17-14(24)8-15(30-16(17)7-12)10-2-4-11(22)5-3-10/h2-9,18-23,25-27H,1H3. The Bertz CT molecular complexity index is 1120. The van der Waals surface area contributed by atoms with Gasteiger partial charge >= 0.3 is 0 Å². The van der Waals surface area contributed by atoms with E-state index in [1.165, 1.54) is 31.2 Å². The Morgan fingerprint density at radius 3 is 2.33 bits per heavy atom. The first-order valence-corrected chi connectivity index (χ1v) is 9.21. The van der Waals surface area contributed by atoms with Gasteiger partial charge in [-0.25, -0.2) is 0 Å². The summed E-state index contributed by atoms with van der Waals surface area (Å²) in [6, 6.07) is 9.76. The summed E-state index contributed by atoms with van der Waals surface area (Å²) in [6.45, 7) is 1.51. The van der Waals surface area contributed by atoms with Gasteiger partial charge in [0.25, 0.3) is 0 Å². The van der Waals surface area contributed by atoms with E-state index in [2.05, 4.69) is 0 Å². The van der Waals surface area contributed by atoms with Crippen LogP contribution in [0.3, 0.4) is 0 Å². The Morgan fingerprint density at radius 2 is 1.63 bits per heavy atom. The van der Waals surface area contributed by atoms with E-state index in [1.807, 2.05) is 0 Å². The van der Waals surface area contributed by atoms with Crippen molar-refractivity contribution in [2.45, 2.75) is 37.6 Å². The van der Waals surface area contributed by atoms with Crippen LogP contribution in [0.2, 0.25) is 0 Å². The van der Waals surface area contributed by atoms with Crippen molar-refractivity contribution in [2.75, 3.05) is 0 Å². The number of aliphatic hydroxyl groups excluding tert-OH is 3. The lowest BCUT2D eigenvalue weighted by Crippen LogP contribution is -2.58. The molecular weight excluding hydrogens is 396 g/mol. The van der Waals surface area contributed by atoms with Crippen molar-refractivity contribution in [1.82, 2.24) is 0 Å². The molecule has 158 valence electrons. The van der Waals surface area contributed by atoms with Crippen molar-refractivity contribution >= 4 is 11.0 Å². The average molecular weight is 416 g/mol. The summed E-state index contributed by atoms with van der Waals surface area (Å²) in [4.78, 5) is 12.5. The fourth-order valence-electron chi connectivity index (χ4n) is 3.32. The zero-order valence-electron chi connectivity index (χ0n) is 15.8. The minimum absolute atomic E-state index is 0.0193. The van der Waals surface area contributed by atoms with Crippen LogP contribution in [0.5, 0.6) is 17.2 Å². The van der Waals surface area contributed by atoms with Crippen LogP contribution in [0, 0.1) is 0 Å². The highest BCUT2D eigenvalue weighted by atomic mass is 16.7. The van der Waals surface area contributed by atoms with Crippen LogP contribution in [0.4, 0.5) is 0 Å². The molecule has 0 amide bonds. The summed E-state index contributed by atoms with van der Waals surface area (Å²) >= 11 is 0. The second-order valence-corrected chi connectivity index (χ2v) is 7.14.